The Labute approximate surface area is 385 Å². The van der Waals surface area contributed by atoms with Crippen LogP contribution in [-0.2, 0) is 6.18 Å². The van der Waals surface area contributed by atoms with Crippen LogP contribution in [0.4, 0.5) is 13.2 Å². The summed E-state index contributed by atoms with van der Waals surface area (Å²) in [5, 5.41) is 42.1. The molecule has 0 saturated heterocycles. The van der Waals surface area contributed by atoms with Crippen LogP contribution in [0.15, 0.2) is 170 Å². The fourth-order valence-electron chi connectivity index (χ4n) is 9.03. The standard InChI is InChI=1S/C56H28F3N9/c57-56(58,59)47-17-16-40(67-48-18-11-33(29-60)23-42(48)43-24-34(30-61)12-19-49(43)67)28-41(47)46-27-39(55-65-53(37-7-3-1-4-8-37)64-54(66-55)38-9-5-2-6-10-38)15-22-52(46)68-50-20-13-35(31-62)25-44(50)45-26-36(32-63)14-21-51(45)68/h1-28H. The lowest BCUT2D eigenvalue weighted by atomic mass is 9.94. The van der Waals surface area contributed by atoms with Crippen molar-refractivity contribution in [3.63, 3.8) is 0 Å². The van der Waals surface area contributed by atoms with Crippen LogP contribution in [0.25, 0.3) is 100 Å². The monoisotopic (exact) mass is 883 g/mol. The summed E-state index contributed by atoms with van der Waals surface area (Å²) in [6.45, 7) is 0. The Kier molecular flexibility index (Phi) is 9.60. The lowest BCUT2D eigenvalue weighted by Gasteiger charge is -2.21. The first-order chi connectivity index (χ1) is 33.1. The summed E-state index contributed by atoms with van der Waals surface area (Å²) in [6.07, 6.45) is -4.84. The molecule has 9 nitrogen and oxygen atoms in total. The first-order valence-electron chi connectivity index (χ1n) is 21.1. The lowest BCUT2D eigenvalue weighted by molar-refractivity contribution is -0.137. The largest absolute Gasteiger partial charge is 0.417 e. The summed E-state index contributed by atoms with van der Waals surface area (Å²) in [5.74, 6) is 0.957. The van der Waals surface area contributed by atoms with Gasteiger partial charge in [0.15, 0.2) is 17.5 Å². The number of aromatic nitrogens is 5. The van der Waals surface area contributed by atoms with Gasteiger partial charge in [-0.2, -0.15) is 34.2 Å². The topological polar surface area (TPSA) is 144 Å². The van der Waals surface area contributed by atoms with E-state index in [0.29, 0.717) is 106 Å². The highest BCUT2D eigenvalue weighted by Crippen LogP contribution is 2.45. The van der Waals surface area contributed by atoms with Gasteiger partial charge in [-0.05, 0) is 115 Å². The molecule has 318 valence electrons. The van der Waals surface area contributed by atoms with E-state index in [1.807, 2.05) is 69.8 Å². The molecule has 0 unspecified atom stereocenters. The molecule has 11 aromatic rings. The van der Waals surface area contributed by atoms with Gasteiger partial charge < -0.3 is 9.13 Å². The molecule has 0 aliphatic heterocycles. The number of nitriles is 4. The summed E-state index contributed by atoms with van der Waals surface area (Å²) in [7, 11) is 0. The average Bonchev–Trinajstić information content (AvgIpc) is 3.89. The van der Waals surface area contributed by atoms with Crippen molar-refractivity contribution >= 4 is 43.6 Å². The summed E-state index contributed by atoms with van der Waals surface area (Å²) < 4.78 is 51.0. The first-order valence-corrected chi connectivity index (χ1v) is 21.1. The van der Waals surface area contributed by atoms with Crippen LogP contribution >= 0.6 is 0 Å². The van der Waals surface area contributed by atoms with Gasteiger partial charge in [0.1, 0.15) is 0 Å². The molecule has 3 aromatic heterocycles. The van der Waals surface area contributed by atoms with Gasteiger partial charge in [0.2, 0.25) is 0 Å². The molecule has 12 heteroatoms. The second-order valence-corrected chi connectivity index (χ2v) is 16.0. The minimum Gasteiger partial charge on any atom is -0.309 e. The number of hydrogen-bond acceptors (Lipinski definition) is 7. The zero-order chi connectivity index (χ0) is 46.7. The third-order valence-corrected chi connectivity index (χ3v) is 12.1. The first kappa shape index (κ1) is 40.9. The molecule has 0 N–H and O–H groups in total. The fraction of sp³-hybridized carbons (Fsp3) is 0.0179. The van der Waals surface area contributed by atoms with E-state index in [4.69, 9.17) is 15.0 Å². The molecule has 0 spiro atoms. The van der Waals surface area contributed by atoms with Crippen molar-refractivity contribution in [2.45, 2.75) is 6.18 Å². The van der Waals surface area contributed by atoms with Gasteiger partial charge in [-0.3, -0.25) is 0 Å². The Hall–Kier alpha value is -9.88. The molecule has 68 heavy (non-hydrogen) atoms. The van der Waals surface area contributed by atoms with E-state index in [-0.39, 0.29) is 17.0 Å². The van der Waals surface area contributed by atoms with Crippen molar-refractivity contribution in [1.29, 1.82) is 21.0 Å². The normalized spacial score (nSPS) is 11.4. The second-order valence-electron chi connectivity index (χ2n) is 16.0. The molecule has 0 aliphatic carbocycles. The van der Waals surface area contributed by atoms with Crippen LogP contribution in [0.5, 0.6) is 0 Å². The van der Waals surface area contributed by atoms with Crippen molar-refractivity contribution in [3.05, 3.63) is 198 Å². The number of rotatable bonds is 6. The number of fused-ring (bicyclic) bond motifs is 6. The highest BCUT2D eigenvalue weighted by atomic mass is 19.4. The quantitative estimate of drug-likeness (QED) is 0.162. The highest BCUT2D eigenvalue weighted by Gasteiger charge is 2.35. The van der Waals surface area contributed by atoms with Crippen LogP contribution in [-0.4, -0.2) is 24.1 Å². The molecule has 11 rings (SSSR count). The number of hydrogen-bond donors (Lipinski definition) is 0. The number of halogens is 3. The number of alkyl halides is 3. The second kappa shape index (κ2) is 16.0. The van der Waals surface area contributed by atoms with Gasteiger partial charge in [0.25, 0.3) is 0 Å². The van der Waals surface area contributed by atoms with Gasteiger partial charge in [-0.1, -0.05) is 60.7 Å². The molecule has 0 radical (unpaired) electrons. The van der Waals surface area contributed by atoms with Gasteiger partial charge in [0.05, 0.1) is 79.8 Å². The molecule has 0 atom stereocenters. The Bertz CT molecular complexity index is 3870. The Balaban J connectivity index is 1.25. The fourth-order valence-corrected chi connectivity index (χ4v) is 9.03. The maximum absolute atomic E-state index is 15.8. The summed E-state index contributed by atoms with van der Waals surface area (Å²) in [4.78, 5) is 14.7. The van der Waals surface area contributed by atoms with Crippen LogP contribution in [0.1, 0.15) is 27.8 Å². The van der Waals surface area contributed by atoms with Crippen LogP contribution in [0.2, 0.25) is 0 Å². The Morgan fingerprint density at radius 3 is 1.21 bits per heavy atom. The van der Waals surface area contributed by atoms with Gasteiger partial charge in [0, 0.05) is 49.5 Å². The molecule has 0 bridgehead atoms. The molecule has 0 fully saturated rings. The highest BCUT2D eigenvalue weighted by molar-refractivity contribution is 6.12. The van der Waals surface area contributed by atoms with Gasteiger partial charge >= 0.3 is 6.18 Å². The van der Waals surface area contributed by atoms with Gasteiger partial charge in [-0.15, -0.1) is 0 Å². The maximum Gasteiger partial charge on any atom is 0.417 e. The number of benzene rings is 8. The Morgan fingerprint density at radius 2 is 0.794 bits per heavy atom. The SMILES string of the molecule is N#Cc1ccc2c(c1)c1cc(C#N)ccc1n2-c1ccc(C(F)(F)F)c(-c2cc(-c3nc(-c4ccccc4)nc(-c4ccccc4)n3)ccc2-n2c3ccc(C#N)cc3c3cc(C#N)ccc32)c1. The summed E-state index contributed by atoms with van der Waals surface area (Å²) >= 11 is 0. The van der Waals surface area contributed by atoms with Crippen molar-refractivity contribution in [1.82, 2.24) is 24.1 Å². The minimum atomic E-state index is -4.84. The molecule has 0 amide bonds. The van der Waals surface area contributed by atoms with Crippen molar-refractivity contribution in [2.75, 3.05) is 0 Å². The maximum atomic E-state index is 15.8. The molecule has 0 saturated carbocycles. The number of nitrogens with zero attached hydrogens (tertiary/aromatic N) is 9. The average molecular weight is 884 g/mol. The van der Waals surface area contributed by atoms with E-state index >= 15 is 13.2 Å². The van der Waals surface area contributed by atoms with E-state index in [1.54, 1.807) is 91.0 Å². The van der Waals surface area contributed by atoms with Gasteiger partial charge in [-0.25, -0.2) is 15.0 Å². The van der Waals surface area contributed by atoms with E-state index in [2.05, 4.69) is 24.3 Å². The zero-order valence-electron chi connectivity index (χ0n) is 35.3. The third-order valence-electron chi connectivity index (χ3n) is 12.1. The van der Waals surface area contributed by atoms with E-state index in [9.17, 15) is 21.0 Å². The van der Waals surface area contributed by atoms with E-state index in [0.717, 1.165) is 6.07 Å². The molecule has 3 heterocycles. The molecular formula is C56H28F3N9. The minimum absolute atomic E-state index is 0.165. The van der Waals surface area contributed by atoms with E-state index < -0.39 is 11.7 Å². The van der Waals surface area contributed by atoms with Crippen LogP contribution in [0, 0.1) is 45.3 Å². The van der Waals surface area contributed by atoms with Crippen molar-refractivity contribution in [3.8, 4) is 80.9 Å². The van der Waals surface area contributed by atoms with Crippen LogP contribution in [0.3, 0.4) is 0 Å². The lowest BCUT2D eigenvalue weighted by Crippen LogP contribution is -2.10. The third kappa shape index (κ3) is 6.82. The molecule has 8 aromatic carbocycles. The van der Waals surface area contributed by atoms with Crippen molar-refractivity contribution in [2.24, 2.45) is 0 Å². The summed E-state index contributed by atoms with van der Waals surface area (Å²) in [6, 6.07) is 57.1. The Morgan fingerprint density at radius 1 is 0.382 bits per heavy atom. The smallest absolute Gasteiger partial charge is 0.309 e. The zero-order valence-corrected chi connectivity index (χ0v) is 35.3. The van der Waals surface area contributed by atoms with Crippen LogP contribution < -0.4 is 0 Å². The van der Waals surface area contributed by atoms with E-state index in [1.165, 1.54) is 12.1 Å². The molecular weight excluding hydrogens is 856 g/mol. The predicted molar refractivity (Wildman–Crippen MR) is 254 cm³/mol. The molecule has 0 aliphatic rings. The van der Waals surface area contributed by atoms with Crippen molar-refractivity contribution < 1.29 is 13.2 Å². The summed E-state index contributed by atoms with van der Waals surface area (Å²) in [5.41, 5.74) is 5.60. The predicted octanol–water partition coefficient (Wildman–Crippen LogP) is 13.2.